The second kappa shape index (κ2) is 7.70. The van der Waals surface area contributed by atoms with Gasteiger partial charge in [-0.2, -0.15) is 0 Å². The minimum absolute atomic E-state index is 0.0201. The summed E-state index contributed by atoms with van der Waals surface area (Å²) in [6, 6.07) is 12.1. The third kappa shape index (κ3) is 4.83. The minimum Gasteiger partial charge on any atom is -0.462 e. The van der Waals surface area contributed by atoms with E-state index in [2.05, 4.69) is 26.1 Å². The van der Waals surface area contributed by atoms with Crippen LogP contribution in [-0.4, -0.2) is 18.5 Å². The van der Waals surface area contributed by atoms with Gasteiger partial charge in [0, 0.05) is 5.56 Å². The lowest BCUT2D eigenvalue weighted by atomic mass is 9.87. The summed E-state index contributed by atoms with van der Waals surface area (Å²) in [6.45, 7) is 8.36. The van der Waals surface area contributed by atoms with Crippen molar-refractivity contribution in [2.24, 2.45) is 0 Å². The highest BCUT2D eigenvalue weighted by Crippen LogP contribution is 2.25. The van der Waals surface area contributed by atoms with Crippen LogP contribution in [0.4, 0.5) is 5.69 Å². The van der Waals surface area contributed by atoms with E-state index >= 15 is 0 Å². The molecule has 0 heterocycles. The Hall–Kier alpha value is -2.33. The molecule has 0 fully saturated rings. The van der Waals surface area contributed by atoms with Crippen molar-refractivity contribution in [2.75, 3.05) is 11.9 Å². The number of carbonyl (C=O) groups excluding carboxylic acids is 2. The van der Waals surface area contributed by atoms with E-state index in [0.717, 1.165) is 5.56 Å². The number of hydrogen-bond acceptors (Lipinski definition) is 3. The Bertz CT molecular complexity index is 777. The van der Waals surface area contributed by atoms with E-state index in [1.54, 1.807) is 31.2 Å². The van der Waals surface area contributed by atoms with Gasteiger partial charge in [0.25, 0.3) is 5.91 Å². The number of esters is 1. The second-order valence-electron chi connectivity index (χ2n) is 6.70. The van der Waals surface area contributed by atoms with Crippen molar-refractivity contribution >= 4 is 29.2 Å². The number of rotatable bonds is 4. The summed E-state index contributed by atoms with van der Waals surface area (Å²) in [6.07, 6.45) is 0. The molecule has 0 aliphatic carbocycles. The zero-order chi connectivity index (χ0) is 18.6. The van der Waals surface area contributed by atoms with Gasteiger partial charge in [-0.15, -0.1) is 0 Å². The third-order valence-electron chi connectivity index (χ3n) is 3.74. The maximum atomic E-state index is 12.4. The highest BCUT2D eigenvalue weighted by molar-refractivity contribution is 6.34. The number of nitrogens with one attached hydrogen (secondary N) is 1. The molecule has 2 rings (SSSR count). The minimum atomic E-state index is -0.454. The molecule has 4 nitrogen and oxygen atoms in total. The zero-order valence-corrected chi connectivity index (χ0v) is 15.6. The van der Waals surface area contributed by atoms with Crippen LogP contribution in [0.15, 0.2) is 42.5 Å². The molecule has 132 valence electrons. The predicted octanol–water partition coefficient (Wildman–Crippen LogP) is 5.07. The quantitative estimate of drug-likeness (QED) is 0.775. The molecule has 2 aromatic rings. The Kier molecular flexibility index (Phi) is 5.85. The molecule has 0 aliphatic rings. The number of amides is 1. The van der Waals surface area contributed by atoms with Gasteiger partial charge in [0.05, 0.1) is 22.9 Å². The van der Waals surface area contributed by atoms with Crippen molar-refractivity contribution < 1.29 is 14.3 Å². The monoisotopic (exact) mass is 359 g/mol. The summed E-state index contributed by atoms with van der Waals surface area (Å²) < 4.78 is 4.96. The van der Waals surface area contributed by atoms with Gasteiger partial charge in [0.1, 0.15) is 0 Å². The van der Waals surface area contributed by atoms with E-state index in [1.807, 2.05) is 12.1 Å². The second-order valence-corrected chi connectivity index (χ2v) is 7.10. The fraction of sp³-hybridized carbons (Fsp3) is 0.300. The van der Waals surface area contributed by atoms with Gasteiger partial charge < -0.3 is 10.1 Å². The number of hydrogen-bond donors (Lipinski definition) is 1. The van der Waals surface area contributed by atoms with Gasteiger partial charge in [0.15, 0.2) is 0 Å². The molecule has 0 radical (unpaired) electrons. The van der Waals surface area contributed by atoms with E-state index < -0.39 is 5.97 Å². The van der Waals surface area contributed by atoms with Gasteiger partial charge >= 0.3 is 5.97 Å². The molecule has 1 amide bonds. The molecule has 0 aliphatic heterocycles. The van der Waals surface area contributed by atoms with Gasteiger partial charge in [-0.05, 0) is 48.2 Å². The Labute approximate surface area is 153 Å². The molecular formula is C20H22ClNO3. The number of anilines is 1. The maximum absolute atomic E-state index is 12.4. The Morgan fingerprint density at radius 1 is 1.04 bits per heavy atom. The molecule has 2 aromatic carbocycles. The first-order valence-electron chi connectivity index (χ1n) is 8.11. The van der Waals surface area contributed by atoms with Crippen LogP contribution < -0.4 is 5.32 Å². The predicted molar refractivity (Wildman–Crippen MR) is 101 cm³/mol. The van der Waals surface area contributed by atoms with Crippen molar-refractivity contribution in [3.05, 3.63) is 64.2 Å². The lowest BCUT2D eigenvalue weighted by molar-refractivity contribution is 0.0526. The van der Waals surface area contributed by atoms with Crippen molar-refractivity contribution in [3.8, 4) is 0 Å². The summed E-state index contributed by atoms with van der Waals surface area (Å²) in [5, 5.41) is 3.10. The number of ether oxygens (including phenoxy) is 1. The molecular weight excluding hydrogens is 338 g/mol. The molecule has 5 heteroatoms. The average Bonchev–Trinajstić information content (AvgIpc) is 2.56. The largest absolute Gasteiger partial charge is 0.462 e. The summed E-state index contributed by atoms with van der Waals surface area (Å²) >= 11 is 6.13. The zero-order valence-electron chi connectivity index (χ0n) is 14.9. The van der Waals surface area contributed by atoms with Crippen LogP contribution in [0.3, 0.4) is 0 Å². The normalized spacial score (nSPS) is 11.1. The number of benzene rings is 2. The molecule has 1 N–H and O–H groups in total. The molecule has 0 spiro atoms. The summed E-state index contributed by atoms with van der Waals surface area (Å²) in [5.41, 5.74) is 2.39. The van der Waals surface area contributed by atoms with E-state index in [4.69, 9.17) is 16.3 Å². The first-order chi connectivity index (χ1) is 11.7. The topological polar surface area (TPSA) is 55.4 Å². The van der Waals surface area contributed by atoms with Gasteiger partial charge in [-0.1, -0.05) is 44.5 Å². The van der Waals surface area contributed by atoms with Crippen molar-refractivity contribution in [3.63, 3.8) is 0 Å². The number of halogens is 1. The molecule has 25 heavy (non-hydrogen) atoms. The first-order valence-corrected chi connectivity index (χ1v) is 8.48. The van der Waals surface area contributed by atoms with Crippen LogP contribution >= 0.6 is 11.6 Å². The van der Waals surface area contributed by atoms with Crippen LogP contribution in [0.1, 0.15) is 54.0 Å². The fourth-order valence-electron chi connectivity index (χ4n) is 2.28. The van der Waals surface area contributed by atoms with Crippen molar-refractivity contribution in [1.82, 2.24) is 0 Å². The summed E-state index contributed by atoms with van der Waals surface area (Å²) in [4.78, 5) is 24.3. The van der Waals surface area contributed by atoms with Crippen LogP contribution in [0.5, 0.6) is 0 Å². The van der Waals surface area contributed by atoms with Crippen LogP contribution in [0, 0.1) is 0 Å². The van der Waals surface area contributed by atoms with E-state index in [9.17, 15) is 9.59 Å². The van der Waals surface area contributed by atoms with Crippen LogP contribution in [-0.2, 0) is 10.2 Å². The van der Waals surface area contributed by atoms with Crippen LogP contribution in [0.25, 0.3) is 0 Å². The van der Waals surface area contributed by atoms with Gasteiger partial charge in [-0.25, -0.2) is 4.79 Å². The van der Waals surface area contributed by atoms with Gasteiger partial charge in [-0.3, -0.25) is 4.79 Å². The van der Waals surface area contributed by atoms with Gasteiger partial charge in [0.2, 0.25) is 0 Å². The molecule has 0 saturated carbocycles. The Morgan fingerprint density at radius 2 is 1.64 bits per heavy atom. The summed E-state index contributed by atoms with van der Waals surface area (Å²) in [7, 11) is 0. The van der Waals surface area contributed by atoms with Crippen LogP contribution in [0.2, 0.25) is 5.02 Å². The Balaban J connectivity index is 2.20. The highest BCUT2D eigenvalue weighted by atomic mass is 35.5. The lowest BCUT2D eigenvalue weighted by Gasteiger charge is -2.19. The molecule has 0 saturated heterocycles. The van der Waals surface area contributed by atoms with E-state index in [-0.39, 0.29) is 17.9 Å². The molecule has 0 bridgehead atoms. The lowest BCUT2D eigenvalue weighted by Crippen LogP contribution is -2.15. The third-order valence-corrected chi connectivity index (χ3v) is 4.07. The molecule has 0 unspecified atom stereocenters. The van der Waals surface area contributed by atoms with E-state index in [0.29, 0.717) is 21.8 Å². The van der Waals surface area contributed by atoms with Crippen molar-refractivity contribution in [1.29, 1.82) is 0 Å². The Morgan fingerprint density at radius 3 is 2.20 bits per heavy atom. The highest BCUT2D eigenvalue weighted by Gasteiger charge is 2.16. The van der Waals surface area contributed by atoms with Crippen molar-refractivity contribution in [2.45, 2.75) is 33.1 Å². The maximum Gasteiger partial charge on any atom is 0.338 e. The fourth-order valence-corrected chi connectivity index (χ4v) is 2.44. The number of carbonyl (C=O) groups is 2. The SMILES string of the molecule is CCOC(=O)c1ccc(Cl)c(NC(=O)c2ccc(C(C)(C)C)cc2)c1. The first kappa shape index (κ1) is 19.0. The molecule has 0 aromatic heterocycles. The smallest absolute Gasteiger partial charge is 0.338 e. The summed E-state index contributed by atoms with van der Waals surface area (Å²) in [5.74, 6) is -0.743. The van der Waals surface area contributed by atoms with E-state index in [1.165, 1.54) is 6.07 Å². The standard InChI is InChI=1S/C20H22ClNO3/c1-5-25-19(24)14-8-11-16(21)17(12-14)22-18(23)13-6-9-15(10-7-13)20(2,3)4/h6-12H,5H2,1-4H3,(H,22,23). The average molecular weight is 360 g/mol. The molecule has 0 atom stereocenters.